The average molecular weight is 434 g/mol. The Bertz CT molecular complexity index is 851. The van der Waals surface area contributed by atoms with Gasteiger partial charge in [-0.2, -0.15) is 0 Å². The maximum Gasteiger partial charge on any atom is 0.236 e. The first-order valence-electron chi connectivity index (χ1n) is 9.73. The van der Waals surface area contributed by atoms with E-state index in [1.54, 1.807) is 7.11 Å². The molecule has 1 N–H and O–H groups in total. The number of aromatic nitrogens is 1. The first kappa shape index (κ1) is 21.6. The van der Waals surface area contributed by atoms with Gasteiger partial charge in [-0.15, -0.1) is 23.1 Å². The van der Waals surface area contributed by atoms with Crippen LogP contribution in [0.15, 0.2) is 24.3 Å². The zero-order valence-electron chi connectivity index (χ0n) is 17.1. The lowest BCUT2D eigenvalue weighted by Gasteiger charge is -2.30. The fourth-order valence-corrected chi connectivity index (χ4v) is 4.93. The summed E-state index contributed by atoms with van der Waals surface area (Å²) in [6, 6.07) is 7.69. The van der Waals surface area contributed by atoms with Crippen molar-refractivity contribution in [2.75, 3.05) is 37.0 Å². The standard InChI is InChI=1S/C21H27N3O3S2/c1-14-5-4-10-24(11-14)19(26)13-28-12-18(25)22-21-23-20(15(2)29-21)16-6-8-17(27-3)9-7-16/h6-9,14H,4-5,10-13H2,1-3H3,(H,22,23,25). The summed E-state index contributed by atoms with van der Waals surface area (Å²) in [5, 5.41) is 3.43. The summed E-state index contributed by atoms with van der Waals surface area (Å²) in [4.78, 5) is 32.1. The van der Waals surface area contributed by atoms with Gasteiger partial charge in [0.1, 0.15) is 5.75 Å². The van der Waals surface area contributed by atoms with Crippen LogP contribution in [-0.4, -0.2) is 53.4 Å². The lowest BCUT2D eigenvalue weighted by Crippen LogP contribution is -2.40. The topological polar surface area (TPSA) is 71.5 Å². The molecule has 8 heteroatoms. The maximum absolute atomic E-state index is 12.3. The van der Waals surface area contributed by atoms with Crippen LogP contribution in [0, 0.1) is 12.8 Å². The molecule has 3 rings (SSSR count). The molecule has 2 amide bonds. The SMILES string of the molecule is COc1ccc(-c2nc(NC(=O)CSCC(=O)N3CCCC(C)C3)sc2C)cc1. The molecule has 0 spiro atoms. The second kappa shape index (κ2) is 10.1. The van der Waals surface area contributed by atoms with E-state index in [1.165, 1.54) is 29.5 Å². The molecule has 6 nitrogen and oxygen atoms in total. The van der Waals surface area contributed by atoms with Crippen LogP contribution < -0.4 is 10.1 Å². The van der Waals surface area contributed by atoms with Crippen molar-refractivity contribution < 1.29 is 14.3 Å². The van der Waals surface area contributed by atoms with Crippen LogP contribution in [0.4, 0.5) is 5.13 Å². The number of rotatable bonds is 7. The number of hydrogen-bond acceptors (Lipinski definition) is 6. The molecule has 2 heterocycles. The summed E-state index contributed by atoms with van der Waals surface area (Å²) in [5.41, 5.74) is 1.84. The lowest BCUT2D eigenvalue weighted by molar-refractivity contribution is -0.130. The Labute approximate surface area is 180 Å². The molecule has 156 valence electrons. The van der Waals surface area contributed by atoms with E-state index in [4.69, 9.17) is 4.74 Å². The van der Waals surface area contributed by atoms with Crippen LogP contribution in [0.25, 0.3) is 11.3 Å². The molecule has 1 saturated heterocycles. The largest absolute Gasteiger partial charge is 0.497 e. The van der Waals surface area contributed by atoms with Crippen LogP contribution in [0.5, 0.6) is 5.75 Å². The van der Waals surface area contributed by atoms with E-state index in [9.17, 15) is 9.59 Å². The minimum absolute atomic E-state index is 0.126. The molecule has 1 aliphatic rings. The van der Waals surface area contributed by atoms with Crippen molar-refractivity contribution in [3.8, 4) is 17.0 Å². The highest BCUT2D eigenvalue weighted by Gasteiger charge is 2.21. The van der Waals surface area contributed by atoms with Crippen LogP contribution in [0.1, 0.15) is 24.6 Å². The Hall–Kier alpha value is -2.06. The van der Waals surface area contributed by atoms with Crippen LogP contribution in [0.2, 0.25) is 0 Å². The monoisotopic (exact) mass is 433 g/mol. The number of thioether (sulfide) groups is 1. The van der Waals surface area contributed by atoms with E-state index >= 15 is 0 Å². The lowest BCUT2D eigenvalue weighted by atomic mass is 10.0. The van der Waals surface area contributed by atoms with Gasteiger partial charge in [0, 0.05) is 23.5 Å². The van der Waals surface area contributed by atoms with Crippen molar-refractivity contribution in [3.05, 3.63) is 29.1 Å². The third kappa shape index (κ3) is 5.96. The molecule has 29 heavy (non-hydrogen) atoms. The molecular formula is C21H27N3O3S2. The highest BCUT2D eigenvalue weighted by molar-refractivity contribution is 8.00. The number of nitrogens with zero attached hydrogens (tertiary/aromatic N) is 2. The zero-order chi connectivity index (χ0) is 20.8. The van der Waals surface area contributed by atoms with E-state index in [1.807, 2.05) is 36.1 Å². The van der Waals surface area contributed by atoms with Gasteiger partial charge in [0.05, 0.1) is 24.3 Å². The number of benzene rings is 1. The second-order valence-electron chi connectivity index (χ2n) is 7.28. The number of hydrogen-bond donors (Lipinski definition) is 1. The molecular weight excluding hydrogens is 406 g/mol. The van der Waals surface area contributed by atoms with Gasteiger partial charge >= 0.3 is 0 Å². The molecule has 1 aromatic carbocycles. The predicted molar refractivity (Wildman–Crippen MR) is 120 cm³/mol. The molecule has 1 fully saturated rings. The molecule has 0 saturated carbocycles. The van der Waals surface area contributed by atoms with Gasteiger partial charge in [0.2, 0.25) is 11.8 Å². The first-order chi connectivity index (χ1) is 14.0. The van der Waals surface area contributed by atoms with Gasteiger partial charge in [-0.25, -0.2) is 4.98 Å². The summed E-state index contributed by atoms with van der Waals surface area (Å²) in [5.74, 6) is 1.93. The summed E-state index contributed by atoms with van der Waals surface area (Å²) < 4.78 is 5.19. The van der Waals surface area contributed by atoms with Gasteiger partial charge in [-0.05, 0) is 49.9 Å². The Morgan fingerprint density at radius 2 is 2.07 bits per heavy atom. The molecule has 1 aromatic heterocycles. The van der Waals surface area contributed by atoms with Gasteiger partial charge < -0.3 is 15.0 Å². The maximum atomic E-state index is 12.3. The van der Waals surface area contributed by atoms with Crippen LogP contribution >= 0.6 is 23.1 Å². The number of carbonyl (C=O) groups excluding carboxylic acids is 2. The number of amides is 2. The summed E-state index contributed by atoms with van der Waals surface area (Å²) >= 11 is 2.81. The molecule has 0 bridgehead atoms. The van der Waals surface area contributed by atoms with Crippen molar-refractivity contribution in [3.63, 3.8) is 0 Å². The quantitative estimate of drug-likeness (QED) is 0.713. The summed E-state index contributed by atoms with van der Waals surface area (Å²) in [6.07, 6.45) is 2.25. The highest BCUT2D eigenvalue weighted by atomic mass is 32.2. The zero-order valence-corrected chi connectivity index (χ0v) is 18.7. The molecule has 2 aromatic rings. The smallest absolute Gasteiger partial charge is 0.236 e. The number of piperidine rings is 1. The van der Waals surface area contributed by atoms with Gasteiger partial charge in [-0.1, -0.05) is 6.92 Å². The van der Waals surface area contributed by atoms with E-state index in [0.717, 1.165) is 41.4 Å². The van der Waals surface area contributed by atoms with E-state index < -0.39 is 0 Å². The second-order valence-corrected chi connectivity index (χ2v) is 9.47. The number of methoxy groups -OCH3 is 1. The van der Waals surface area contributed by atoms with Crippen molar-refractivity contribution in [1.29, 1.82) is 0 Å². The molecule has 0 aliphatic carbocycles. The van der Waals surface area contributed by atoms with Crippen LogP contribution in [0.3, 0.4) is 0 Å². The molecule has 1 unspecified atom stereocenters. The van der Waals surface area contributed by atoms with E-state index in [0.29, 0.717) is 16.8 Å². The number of ether oxygens (including phenoxy) is 1. The normalized spacial score (nSPS) is 16.5. The fourth-order valence-electron chi connectivity index (χ4n) is 3.36. The van der Waals surface area contributed by atoms with Crippen molar-refractivity contribution in [2.45, 2.75) is 26.7 Å². The Kier molecular flexibility index (Phi) is 7.55. The number of anilines is 1. The third-order valence-electron chi connectivity index (χ3n) is 4.87. The number of aryl methyl sites for hydroxylation is 1. The Balaban J connectivity index is 1.48. The van der Waals surface area contributed by atoms with Crippen molar-refractivity contribution in [1.82, 2.24) is 9.88 Å². The number of likely N-dealkylation sites (tertiary alicyclic amines) is 1. The predicted octanol–water partition coefficient (Wildman–Crippen LogP) is 4.06. The van der Waals surface area contributed by atoms with Crippen LogP contribution in [-0.2, 0) is 9.59 Å². The Morgan fingerprint density at radius 1 is 1.31 bits per heavy atom. The number of carbonyl (C=O) groups is 2. The van der Waals surface area contributed by atoms with Gasteiger partial charge in [-0.3, -0.25) is 9.59 Å². The van der Waals surface area contributed by atoms with Crippen molar-refractivity contribution in [2.24, 2.45) is 5.92 Å². The average Bonchev–Trinajstić information content (AvgIpc) is 3.07. The minimum Gasteiger partial charge on any atom is -0.497 e. The van der Waals surface area contributed by atoms with Gasteiger partial charge in [0.25, 0.3) is 0 Å². The summed E-state index contributed by atoms with van der Waals surface area (Å²) in [6.45, 7) is 5.83. The molecule has 1 aliphatic heterocycles. The van der Waals surface area contributed by atoms with E-state index in [-0.39, 0.29) is 17.6 Å². The van der Waals surface area contributed by atoms with Crippen molar-refractivity contribution >= 4 is 40.0 Å². The summed E-state index contributed by atoms with van der Waals surface area (Å²) in [7, 11) is 1.63. The van der Waals surface area contributed by atoms with E-state index in [2.05, 4.69) is 17.2 Å². The fraction of sp³-hybridized carbons (Fsp3) is 0.476. The van der Waals surface area contributed by atoms with Gasteiger partial charge in [0.15, 0.2) is 5.13 Å². The Morgan fingerprint density at radius 3 is 2.76 bits per heavy atom. The minimum atomic E-state index is -0.134. The first-order valence-corrected chi connectivity index (χ1v) is 11.7. The third-order valence-corrected chi connectivity index (χ3v) is 6.68. The number of nitrogens with one attached hydrogen (secondary N) is 1. The molecule has 1 atom stereocenters. The highest BCUT2D eigenvalue weighted by Crippen LogP contribution is 2.31. The molecule has 0 radical (unpaired) electrons. The number of thiazole rings is 1.